The summed E-state index contributed by atoms with van der Waals surface area (Å²) >= 11 is 0. The van der Waals surface area contributed by atoms with Gasteiger partial charge >= 0.3 is 18.0 Å². The highest BCUT2D eigenvalue weighted by molar-refractivity contribution is 5.81. The minimum Gasteiger partial charge on any atom is -0.466 e. The number of hydrogen-bond donors (Lipinski definition) is 1. The third-order valence-corrected chi connectivity index (χ3v) is 4.30. The zero-order chi connectivity index (χ0) is 19.7. The van der Waals surface area contributed by atoms with Gasteiger partial charge in [0.2, 0.25) is 0 Å². The third kappa shape index (κ3) is 8.06. The molecule has 1 saturated carbocycles. The smallest absolute Gasteiger partial charge is 0.408 e. The van der Waals surface area contributed by atoms with E-state index in [2.05, 4.69) is 5.32 Å². The minimum atomic E-state index is -0.742. The van der Waals surface area contributed by atoms with Gasteiger partial charge in [0.05, 0.1) is 19.1 Å². The van der Waals surface area contributed by atoms with Crippen molar-refractivity contribution in [3.63, 3.8) is 0 Å². The van der Waals surface area contributed by atoms with E-state index < -0.39 is 23.7 Å². The molecule has 0 aromatic carbocycles. The van der Waals surface area contributed by atoms with Gasteiger partial charge in [0.1, 0.15) is 11.6 Å². The molecule has 0 aromatic heterocycles. The van der Waals surface area contributed by atoms with Crippen LogP contribution in [0.2, 0.25) is 0 Å². The molecule has 1 atom stereocenters. The summed E-state index contributed by atoms with van der Waals surface area (Å²) in [6.07, 6.45) is 2.96. The van der Waals surface area contributed by atoms with Gasteiger partial charge in [-0.25, -0.2) is 9.59 Å². The van der Waals surface area contributed by atoms with Gasteiger partial charge in [0.25, 0.3) is 0 Å². The minimum absolute atomic E-state index is 0.0638. The summed E-state index contributed by atoms with van der Waals surface area (Å²) in [6, 6.07) is -0.742. The van der Waals surface area contributed by atoms with Gasteiger partial charge < -0.3 is 19.5 Å². The van der Waals surface area contributed by atoms with Crippen LogP contribution in [0.5, 0.6) is 0 Å². The van der Waals surface area contributed by atoms with Crippen LogP contribution in [0.15, 0.2) is 0 Å². The van der Waals surface area contributed by atoms with Crippen molar-refractivity contribution in [2.75, 3.05) is 13.2 Å². The molecule has 1 aliphatic carbocycles. The van der Waals surface area contributed by atoms with Crippen LogP contribution >= 0.6 is 0 Å². The zero-order valence-corrected chi connectivity index (χ0v) is 16.6. The summed E-state index contributed by atoms with van der Waals surface area (Å²) < 4.78 is 15.4. The monoisotopic (exact) mass is 371 g/mol. The van der Waals surface area contributed by atoms with Gasteiger partial charge in [-0.1, -0.05) is 0 Å². The third-order valence-electron chi connectivity index (χ3n) is 4.30. The second kappa shape index (κ2) is 10.4. The van der Waals surface area contributed by atoms with Crippen LogP contribution in [-0.4, -0.2) is 42.9 Å². The van der Waals surface area contributed by atoms with Crippen LogP contribution in [0.25, 0.3) is 0 Å². The summed E-state index contributed by atoms with van der Waals surface area (Å²) in [4.78, 5) is 36.1. The van der Waals surface area contributed by atoms with Crippen molar-refractivity contribution in [2.45, 2.75) is 78.4 Å². The fourth-order valence-corrected chi connectivity index (χ4v) is 3.13. The predicted octanol–water partition coefficient (Wildman–Crippen LogP) is 3.20. The fourth-order valence-electron chi connectivity index (χ4n) is 3.13. The van der Waals surface area contributed by atoms with Gasteiger partial charge in [0, 0.05) is 0 Å². The van der Waals surface area contributed by atoms with E-state index in [9.17, 15) is 14.4 Å². The van der Waals surface area contributed by atoms with Crippen molar-refractivity contribution in [3.8, 4) is 0 Å². The van der Waals surface area contributed by atoms with Crippen LogP contribution in [0.3, 0.4) is 0 Å². The first-order chi connectivity index (χ1) is 12.2. The molecule has 1 amide bonds. The van der Waals surface area contributed by atoms with Crippen molar-refractivity contribution < 1.29 is 28.6 Å². The van der Waals surface area contributed by atoms with Crippen molar-refractivity contribution in [3.05, 3.63) is 0 Å². The van der Waals surface area contributed by atoms with Crippen molar-refractivity contribution in [1.82, 2.24) is 5.32 Å². The Morgan fingerprint density at radius 3 is 2.08 bits per heavy atom. The van der Waals surface area contributed by atoms with Crippen LogP contribution in [0, 0.1) is 11.8 Å². The van der Waals surface area contributed by atoms with Gasteiger partial charge in [-0.3, -0.25) is 4.79 Å². The molecular formula is C19H33NO6. The summed E-state index contributed by atoms with van der Waals surface area (Å²) in [7, 11) is 0. The van der Waals surface area contributed by atoms with E-state index in [0.717, 1.165) is 25.7 Å². The van der Waals surface area contributed by atoms with Crippen LogP contribution in [0.4, 0.5) is 4.79 Å². The fraction of sp³-hybridized carbons (Fsp3) is 0.842. The van der Waals surface area contributed by atoms with Gasteiger partial charge in [0.15, 0.2) is 0 Å². The lowest BCUT2D eigenvalue weighted by Crippen LogP contribution is -2.45. The lowest BCUT2D eigenvalue weighted by molar-refractivity contribution is -0.150. The van der Waals surface area contributed by atoms with Crippen molar-refractivity contribution >= 4 is 18.0 Å². The maximum atomic E-state index is 12.2. The Balaban J connectivity index is 2.60. The van der Waals surface area contributed by atoms with Gasteiger partial charge in [-0.15, -0.1) is 0 Å². The number of ether oxygens (including phenoxy) is 3. The molecular weight excluding hydrogens is 338 g/mol. The molecule has 7 nitrogen and oxygen atoms in total. The van der Waals surface area contributed by atoms with E-state index in [1.165, 1.54) is 0 Å². The van der Waals surface area contributed by atoms with Crippen LogP contribution in [0.1, 0.15) is 66.7 Å². The Morgan fingerprint density at radius 1 is 1.00 bits per heavy atom. The molecule has 0 aliphatic heterocycles. The molecule has 1 N–H and O–H groups in total. The Hall–Kier alpha value is -1.79. The van der Waals surface area contributed by atoms with E-state index >= 15 is 0 Å². The average molecular weight is 371 g/mol. The van der Waals surface area contributed by atoms with Crippen LogP contribution < -0.4 is 5.32 Å². The molecule has 7 heteroatoms. The zero-order valence-electron chi connectivity index (χ0n) is 16.6. The van der Waals surface area contributed by atoms with Crippen molar-refractivity contribution in [1.29, 1.82) is 0 Å². The van der Waals surface area contributed by atoms with Gasteiger partial charge in [-0.05, 0) is 72.6 Å². The average Bonchev–Trinajstić information content (AvgIpc) is 2.53. The molecule has 1 aliphatic rings. The number of carbonyl (C=O) groups excluding carboxylic acids is 3. The first-order valence-corrected chi connectivity index (χ1v) is 9.49. The highest BCUT2D eigenvalue weighted by Gasteiger charge is 2.32. The highest BCUT2D eigenvalue weighted by atomic mass is 16.6. The SMILES string of the molecule is CCOC(=O)C1CCC(CC(NC(=O)OC(C)(C)C)C(=O)OCC)CC1. The topological polar surface area (TPSA) is 90.9 Å². The molecule has 1 fully saturated rings. The standard InChI is InChI=1S/C19H33NO6/c1-6-24-16(21)14-10-8-13(9-11-14)12-15(17(22)25-7-2)20-18(23)26-19(3,4)5/h13-15H,6-12H2,1-5H3,(H,20,23). The number of amides is 1. The van der Waals surface area contributed by atoms with Crippen molar-refractivity contribution in [2.24, 2.45) is 11.8 Å². The maximum Gasteiger partial charge on any atom is 0.408 e. The molecule has 1 rings (SSSR count). The number of alkyl carbamates (subject to hydrolysis) is 1. The second-order valence-corrected chi connectivity index (χ2v) is 7.66. The second-order valence-electron chi connectivity index (χ2n) is 7.66. The molecule has 0 aromatic rings. The Morgan fingerprint density at radius 2 is 1.58 bits per heavy atom. The normalized spacial score (nSPS) is 21.4. The first-order valence-electron chi connectivity index (χ1n) is 9.49. The number of carbonyl (C=O) groups is 3. The molecule has 0 spiro atoms. The Bertz CT molecular complexity index is 477. The quantitative estimate of drug-likeness (QED) is 0.546. The molecule has 0 bridgehead atoms. The number of nitrogens with one attached hydrogen (secondary N) is 1. The van der Waals surface area contributed by atoms with E-state index in [1.54, 1.807) is 34.6 Å². The van der Waals surface area contributed by atoms with Gasteiger partial charge in [-0.2, -0.15) is 0 Å². The Labute approximate surface area is 156 Å². The Kier molecular flexibility index (Phi) is 8.88. The molecule has 0 saturated heterocycles. The van der Waals surface area contributed by atoms with E-state index in [-0.39, 0.29) is 24.4 Å². The molecule has 0 radical (unpaired) electrons. The summed E-state index contributed by atoms with van der Waals surface area (Å²) in [5, 5.41) is 2.63. The number of rotatable bonds is 7. The molecule has 26 heavy (non-hydrogen) atoms. The lowest BCUT2D eigenvalue weighted by Gasteiger charge is -2.30. The van der Waals surface area contributed by atoms with E-state index in [1.807, 2.05) is 0 Å². The van der Waals surface area contributed by atoms with E-state index in [4.69, 9.17) is 14.2 Å². The van der Waals surface area contributed by atoms with Crippen LogP contribution in [-0.2, 0) is 23.8 Å². The maximum absolute atomic E-state index is 12.2. The molecule has 1 unspecified atom stereocenters. The largest absolute Gasteiger partial charge is 0.466 e. The summed E-state index contributed by atoms with van der Waals surface area (Å²) in [5.74, 6) is -0.415. The summed E-state index contributed by atoms with van der Waals surface area (Å²) in [6.45, 7) is 9.47. The number of esters is 2. The highest BCUT2D eigenvalue weighted by Crippen LogP contribution is 2.32. The molecule has 0 heterocycles. The van der Waals surface area contributed by atoms with E-state index in [0.29, 0.717) is 13.0 Å². The predicted molar refractivity (Wildman–Crippen MR) is 96.5 cm³/mol. The molecule has 150 valence electrons. The number of hydrogen-bond acceptors (Lipinski definition) is 6. The summed E-state index contributed by atoms with van der Waals surface area (Å²) in [5.41, 5.74) is -0.638. The first kappa shape index (κ1) is 22.3. The lowest BCUT2D eigenvalue weighted by atomic mass is 9.79.